The molecule has 1 aliphatic rings. The first-order valence-electron chi connectivity index (χ1n) is 7.58. The number of hydrogen-bond donors (Lipinski definition) is 1. The van der Waals surface area contributed by atoms with Crippen molar-refractivity contribution in [3.8, 4) is 0 Å². The highest BCUT2D eigenvalue weighted by Gasteiger charge is 2.26. The molecule has 2 rings (SSSR count). The third kappa shape index (κ3) is 4.68. The molecule has 1 fully saturated rings. The standard InChI is InChI=1S/C16H24BrNOS/c1-2-10-18-16(13-6-3-4-7-13)12-20(19)15-9-5-8-14(17)11-15/h5,8-9,11,13,16,18H,2-4,6-7,10,12H2,1H3. The molecular formula is C16H24BrNOS. The monoisotopic (exact) mass is 357 g/mol. The largest absolute Gasteiger partial charge is 0.313 e. The highest BCUT2D eigenvalue weighted by Crippen LogP contribution is 2.29. The second-order valence-electron chi connectivity index (χ2n) is 5.57. The first kappa shape index (κ1) is 16.2. The molecule has 1 aromatic carbocycles. The second-order valence-corrected chi connectivity index (χ2v) is 7.99. The van der Waals surface area contributed by atoms with Gasteiger partial charge in [-0.05, 0) is 49.9 Å². The summed E-state index contributed by atoms with van der Waals surface area (Å²) in [6.45, 7) is 3.21. The zero-order valence-electron chi connectivity index (χ0n) is 12.1. The van der Waals surface area contributed by atoms with Crippen LogP contribution in [0, 0.1) is 5.92 Å². The molecule has 1 saturated carbocycles. The Kier molecular flexibility index (Phi) is 6.72. The SMILES string of the molecule is CCCNC(CS(=O)c1cccc(Br)c1)C1CCCC1. The number of halogens is 1. The summed E-state index contributed by atoms with van der Waals surface area (Å²) in [6, 6.07) is 8.28. The molecule has 1 aromatic rings. The van der Waals surface area contributed by atoms with Gasteiger partial charge >= 0.3 is 0 Å². The van der Waals surface area contributed by atoms with Gasteiger partial charge in [-0.2, -0.15) is 0 Å². The maximum Gasteiger partial charge on any atom is 0.0545 e. The van der Waals surface area contributed by atoms with Crippen LogP contribution >= 0.6 is 15.9 Å². The van der Waals surface area contributed by atoms with Crippen molar-refractivity contribution in [3.63, 3.8) is 0 Å². The molecule has 0 heterocycles. The molecule has 112 valence electrons. The van der Waals surface area contributed by atoms with E-state index in [9.17, 15) is 4.21 Å². The van der Waals surface area contributed by atoms with E-state index in [0.29, 0.717) is 12.0 Å². The number of rotatable bonds is 7. The van der Waals surface area contributed by atoms with Crippen LogP contribution in [0.1, 0.15) is 39.0 Å². The summed E-state index contributed by atoms with van der Waals surface area (Å²) in [5.41, 5.74) is 0. The average molecular weight is 358 g/mol. The lowest BCUT2D eigenvalue weighted by Crippen LogP contribution is -2.40. The predicted molar refractivity (Wildman–Crippen MR) is 89.5 cm³/mol. The fourth-order valence-electron chi connectivity index (χ4n) is 2.92. The normalized spacial score (nSPS) is 19.1. The van der Waals surface area contributed by atoms with Gasteiger partial charge in [0.2, 0.25) is 0 Å². The molecule has 2 nitrogen and oxygen atoms in total. The van der Waals surface area contributed by atoms with Crippen molar-refractivity contribution in [2.75, 3.05) is 12.3 Å². The van der Waals surface area contributed by atoms with Crippen LogP contribution in [0.25, 0.3) is 0 Å². The van der Waals surface area contributed by atoms with Crippen molar-refractivity contribution >= 4 is 26.7 Å². The summed E-state index contributed by atoms with van der Waals surface area (Å²) >= 11 is 3.45. The molecule has 0 radical (unpaired) electrons. The molecule has 1 aliphatic carbocycles. The zero-order valence-corrected chi connectivity index (χ0v) is 14.5. The Morgan fingerprint density at radius 3 is 2.80 bits per heavy atom. The van der Waals surface area contributed by atoms with Gasteiger partial charge in [0.1, 0.15) is 0 Å². The van der Waals surface area contributed by atoms with E-state index in [2.05, 4.69) is 28.2 Å². The molecule has 1 N–H and O–H groups in total. The lowest BCUT2D eigenvalue weighted by molar-refractivity contribution is 0.385. The highest BCUT2D eigenvalue weighted by molar-refractivity contribution is 9.10. The summed E-state index contributed by atoms with van der Waals surface area (Å²) in [6.07, 6.45) is 6.37. The van der Waals surface area contributed by atoms with Crippen LogP contribution < -0.4 is 5.32 Å². The number of nitrogens with one attached hydrogen (secondary N) is 1. The van der Waals surface area contributed by atoms with E-state index in [1.165, 1.54) is 25.7 Å². The summed E-state index contributed by atoms with van der Waals surface area (Å²) in [4.78, 5) is 0.931. The van der Waals surface area contributed by atoms with Crippen molar-refractivity contribution in [1.29, 1.82) is 0 Å². The van der Waals surface area contributed by atoms with Crippen molar-refractivity contribution in [2.45, 2.75) is 50.0 Å². The van der Waals surface area contributed by atoms with Crippen LogP contribution in [0.15, 0.2) is 33.6 Å². The van der Waals surface area contributed by atoms with E-state index in [0.717, 1.165) is 28.1 Å². The molecule has 0 spiro atoms. The minimum atomic E-state index is -0.916. The van der Waals surface area contributed by atoms with Gasteiger partial charge in [0.25, 0.3) is 0 Å². The first-order valence-corrected chi connectivity index (χ1v) is 9.69. The van der Waals surface area contributed by atoms with Gasteiger partial charge in [0, 0.05) is 21.2 Å². The Morgan fingerprint density at radius 1 is 1.40 bits per heavy atom. The minimum absolute atomic E-state index is 0.400. The molecule has 4 heteroatoms. The number of benzene rings is 1. The van der Waals surface area contributed by atoms with Crippen LogP contribution in [-0.2, 0) is 10.8 Å². The average Bonchev–Trinajstić information content (AvgIpc) is 2.97. The van der Waals surface area contributed by atoms with E-state index in [1.54, 1.807) is 0 Å². The van der Waals surface area contributed by atoms with Crippen molar-refractivity contribution in [1.82, 2.24) is 5.32 Å². The maximum absolute atomic E-state index is 12.6. The van der Waals surface area contributed by atoms with E-state index < -0.39 is 10.8 Å². The lowest BCUT2D eigenvalue weighted by Gasteiger charge is -2.24. The fourth-order valence-corrected chi connectivity index (χ4v) is 4.87. The summed E-state index contributed by atoms with van der Waals surface area (Å²) in [5, 5.41) is 3.62. The van der Waals surface area contributed by atoms with Crippen LogP contribution in [0.5, 0.6) is 0 Å². The highest BCUT2D eigenvalue weighted by atomic mass is 79.9. The Hall–Kier alpha value is -0.190. The van der Waals surface area contributed by atoms with Gasteiger partial charge in [-0.15, -0.1) is 0 Å². The summed E-state index contributed by atoms with van der Waals surface area (Å²) in [5.74, 6) is 1.44. The van der Waals surface area contributed by atoms with Gasteiger partial charge in [0.05, 0.1) is 10.8 Å². The molecular weight excluding hydrogens is 334 g/mol. The summed E-state index contributed by atoms with van der Waals surface area (Å²) < 4.78 is 13.6. The van der Waals surface area contributed by atoms with Crippen molar-refractivity contribution in [2.24, 2.45) is 5.92 Å². The van der Waals surface area contributed by atoms with Gasteiger partial charge in [-0.25, -0.2) is 0 Å². The zero-order chi connectivity index (χ0) is 14.4. The Bertz CT molecular complexity index is 446. The third-order valence-corrected chi connectivity index (χ3v) is 5.95. The molecule has 0 aromatic heterocycles. The van der Waals surface area contributed by atoms with Gasteiger partial charge in [0.15, 0.2) is 0 Å². The van der Waals surface area contributed by atoms with E-state index >= 15 is 0 Å². The topological polar surface area (TPSA) is 29.1 Å². The van der Waals surface area contributed by atoms with Crippen LogP contribution in [0.3, 0.4) is 0 Å². The van der Waals surface area contributed by atoms with Gasteiger partial charge < -0.3 is 5.32 Å². The van der Waals surface area contributed by atoms with Crippen molar-refractivity contribution < 1.29 is 4.21 Å². The molecule has 0 amide bonds. The Morgan fingerprint density at radius 2 is 2.15 bits per heavy atom. The van der Waals surface area contributed by atoms with E-state index in [4.69, 9.17) is 0 Å². The molecule has 2 atom stereocenters. The van der Waals surface area contributed by atoms with Gasteiger partial charge in [-0.3, -0.25) is 4.21 Å². The molecule has 20 heavy (non-hydrogen) atoms. The molecule has 0 bridgehead atoms. The third-order valence-electron chi connectivity index (χ3n) is 4.02. The van der Waals surface area contributed by atoms with Gasteiger partial charge in [-0.1, -0.05) is 41.8 Å². The molecule has 0 aliphatic heterocycles. The van der Waals surface area contributed by atoms with Crippen LogP contribution in [0.2, 0.25) is 0 Å². The predicted octanol–water partition coefficient (Wildman–Crippen LogP) is 4.12. The lowest BCUT2D eigenvalue weighted by atomic mass is 10.00. The molecule has 0 saturated heterocycles. The Balaban J connectivity index is 2.00. The quantitative estimate of drug-likeness (QED) is 0.795. The second kappa shape index (κ2) is 8.30. The Labute approximate surface area is 133 Å². The maximum atomic E-state index is 12.6. The van der Waals surface area contributed by atoms with E-state index in [1.807, 2.05) is 24.3 Å². The minimum Gasteiger partial charge on any atom is -0.313 e. The molecule has 2 unspecified atom stereocenters. The van der Waals surface area contributed by atoms with Crippen LogP contribution in [0.4, 0.5) is 0 Å². The van der Waals surface area contributed by atoms with E-state index in [-0.39, 0.29) is 0 Å². The van der Waals surface area contributed by atoms with Crippen molar-refractivity contribution in [3.05, 3.63) is 28.7 Å². The van der Waals surface area contributed by atoms with Crippen LogP contribution in [-0.4, -0.2) is 22.5 Å². The summed E-state index contributed by atoms with van der Waals surface area (Å²) in [7, 11) is -0.916. The fraction of sp³-hybridized carbons (Fsp3) is 0.625. The number of hydrogen-bond acceptors (Lipinski definition) is 2. The smallest absolute Gasteiger partial charge is 0.0545 e. The first-order chi connectivity index (χ1) is 9.70.